The minimum atomic E-state index is -3.67. The van der Waals surface area contributed by atoms with Gasteiger partial charge in [0.15, 0.2) is 0 Å². The highest BCUT2D eigenvalue weighted by atomic mass is 32.2. The molecule has 1 heterocycles. The number of thiophene rings is 1. The SMILES string of the molecule is CC(CO)(CO)NCc1cc2sc3ccccc3c2c2ccccc12.CS(=O)(=O)O. The molecule has 0 aliphatic rings. The van der Waals surface area contributed by atoms with Crippen LogP contribution in [0, 0.1) is 0 Å². The molecule has 0 radical (unpaired) electrons. The Bertz CT molecular complexity index is 1270. The number of hydrogen-bond acceptors (Lipinski definition) is 6. The molecule has 4 N–H and O–H groups in total. The molecule has 160 valence electrons. The van der Waals surface area contributed by atoms with Crippen molar-refractivity contribution in [3.05, 3.63) is 60.2 Å². The Hall–Kier alpha value is -2.07. The molecule has 0 atom stereocenters. The molecule has 8 heteroatoms. The number of hydrogen-bond donors (Lipinski definition) is 4. The molecule has 30 heavy (non-hydrogen) atoms. The van der Waals surface area contributed by atoms with Crippen LogP contribution in [0.3, 0.4) is 0 Å². The van der Waals surface area contributed by atoms with Gasteiger partial charge in [-0.2, -0.15) is 8.42 Å². The van der Waals surface area contributed by atoms with Crippen LogP contribution in [0.2, 0.25) is 0 Å². The van der Waals surface area contributed by atoms with Crippen LogP contribution < -0.4 is 5.32 Å². The maximum atomic E-state index is 9.52. The summed E-state index contributed by atoms with van der Waals surface area (Å²) in [5.74, 6) is 0. The fourth-order valence-electron chi connectivity index (χ4n) is 3.28. The van der Waals surface area contributed by atoms with Crippen LogP contribution >= 0.6 is 11.3 Å². The van der Waals surface area contributed by atoms with Gasteiger partial charge in [-0.25, -0.2) is 0 Å². The van der Waals surface area contributed by atoms with Crippen LogP contribution in [-0.2, 0) is 16.7 Å². The average Bonchev–Trinajstić information content (AvgIpc) is 3.09. The number of nitrogens with one attached hydrogen (secondary N) is 1. The Morgan fingerprint density at radius 1 is 0.933 bits per heavy atom. The Balaban J connectivity index is 0.000000461. The number of benzene rings is 3. The smallest absolute Gasteiger partial charge is 0.261 e. The van der Waals surface area contributed by atoms with Crippen LogP contribution in [0.25, 0.3) is 30.9 Å². The summed E-state index contributed by atoms with van der Waals surface area (Å²) in [6.45, 7) is 2.22. The van der Waals surface area contributed by atoms with Crippen molar-refractivity contribution in [1.29, 1.82) is 0 Å². The normalized spacial score (nSPS) is 12.3. The van der Waals surface area contributed by atoms with E-state index in [1.54, 1.807) is 0 Å². The standard InChI is InChI=1S/C21H21NO2S.CH4O3S/c1-21(12-23,13-24)22-11-14-10-19-20(16-7-3-2-6-15(14)16)17-8-4-5-9-18(17)25-19;1-5(2,3)4/h2-10,22-24H,11-13H2,1H3;1H3,(H,2,3,4). The molecular weight excluding hydrogens is 422 g/mol. The molecule has 6 nitrogen and oxygen atoms in total. The molecule has 0 fully saturated rings. The van der Waals surface area contributed by atoms with Crippen molar-refractivity contribution in [2.45, 2.75) is 19.0 Å². The van der Waals surface area contributed by atoms with Gasteiger partial charge in [0, 0.05) is 26.7 Å². The van der Waals surface area contributed by atoms with E-state index in [9.17, 15) is 18.6 Å². The van der Waals surface area contributed by atoms with Crippen molar-refractivity contribution >= 4 is 52.4 Å². The zero-order valence-electron chi connectivity index (χ0n) is 16.8. The van der Waals surface area contributed by atoms with Crippen molar-refractivity contribution in [2.75, 3.05) is 19.5 Å². The first-order valence-electron chi connectivity index (χ1n) is 9.36. The van der Waals surface area contributed by atoms with Crippen molar-refractivity contribution < 1.29 is 23.2 Å². The summed E-state index contributed by atoms with van der Waals surface area (Å²) in [6.07, 6.45) is 0.715. The van der Waals surface area contributed by atoms with E-state index in [1.807, 2.05) is 18.3 Å². The average molecular weight is 448 g/mol. The second kappa shape index (κ2) is 8.97. The third-order valence-corrected chi connectivity index (χ3v) is 5.99. The maximum Gasteiger partial charge on any atom is 0.261 e. The molecule has 0 saturated carbocycles. The van der Waals surface area contributed by atoms with Gasteiger partial charge in [0.25, 0.3) is 10.1 Å². The molecule has 1 aromatic heterocycles. The highest BCUT2D eigenvalue weighted by Crippen LogP contribution is 2.39. The summed E-state index contributed by atoms with van der Waals surface area (Å²) >= 11 is 1.81. The van der Waals surface area contributed by atoms with E-state index in [0.29, 0.717) is 12.8 Å². The van der Waals surface area contributed by atoms with Gasteiger partial charge < -0.3 is 15.5 Å². The Morgan fingerprint density at radius 3 is 2.07 bits per heavy atom. The van der Waals surface area contributed by atoms with E-state index in [2.05, 4.69) is 59.9 Å². The lowest BCUT2D eigenvalue weighted by Crippen LogP contribution is -2.48. The second-order valence-corrected chi connectivity index (χ2v) is 10.1. The molecule has 0 amide bonds. The predicted octanol–water partition coefficient (Wildman–Crippen LogP) is 3.54. The van der Waals surface area contributed by atoms with E-state index in [0.717, 1.165) is 0 Å². The van der Waals surface area contributed by atoms with E-state index >= 15 is 0 Å². The molecule has 0 saturated heterocycles. The van der Waals surface area contributed by atoms with Crippen LogP contribution in [0.15, 0.2) is 54.6 Å². The van der Waals surface area contributed by atoms with E-state index in [1.165, 1.54) is 36.5 Å². The fraction of sp³-hybridized carbons (Fsp3) is 0.273. The zero-order chi connectivity index (χ0) is 21.9. The van der Waals surface area contributed by atoms with Crippen LogP contribution in [0.5, 0.6) is 0 Å². The number of fused-ring (bicyclic) bond motifs is 5. The summed E-state index contributed by atoms with van der Waals surface area (Å²) < 4.78 is 28.4. The topological polar surface area (TPSA) is 107 Å². The van der Waals surface area contributed by atoms with Crippen LogP contribution in [-0.4, -0.2) is 48.2 Å². The van der Waals surface area contributed by atoms with Crippen molar-refractivity contribution in [1.82, 2.24) is 5.32 Å². The first kappa shape index (κ1) is 22.6. The Labute approximate surface area is 179 Å². The first-order valence-corrected chi connectivity index (χ1v) is 12.0. The lowest BCUT2D eigenvalue weighted by Gasteiger charge is -2.26. The summed E-state index contributed by atoms with van der Waals surface area (Å²) in [4.78, 5) is 0. The molecule has 0 spiro atoms. The molecule has 0 aliphatic heterocycles. The van der Waals surface area contributed by atoms with Crippen molar-refractivity contribution in [2.24, 2.45) is 0 Å². The van der Waals surface area contributed by atoms with Gasteiger partial charge >= 0.3 is 0 Å². The Morgan fingerprint density at radius 2 is 1.47 bits per heavy atom. The molecule has 0 aliphatic carbocycles. The fourth-order valence-corrected chi connectivity index (χ4v) is 4.46. The molecule has 4 rings (SSSR count). The summed E-state index contributed by atoms with van der Waals surface area (Å²) in [5, 5.41) is 27.4. The van der Waals surface area contributed by atoms with Gasteiger partial charge in [-0.05, 0) is 35.4 Å². The van der Waals surface area contributed by atoms with Crippen molar-refractivity contribution in [3.8, 4) is 0 Å². The maximum absolute atomic E-state index is 9.52. The summed E-state index contributed by atoms with van der Waals surface area (Å²) in [7, 11) is -3.67. The van der Waals surface area contributed by atoms with Gasteiger partial charge in [0.1, 0.15) is 0 Å². The second-order valence-electron chi connectivity index (χ2n) is 7.52. The van der Waals surface area contributed by atoms with Crippen LogP contribution in [0.1, 0.15) is 12.5 Å². The number of aliphatic hydroxyl groups excluding tert-OH is 2. The van der Waals surface area contributed by atoms with Gasteiger partial charge in [-0.3, -0.25) is 4.55 Å². The lowest BCUT2D eigenvalue weighted by molar-refractivity contribution is 0.103. The third kappa shape index (κ3) is 5.15. The van der Waals surface area contributed by atoms with Gasteiger partial charge in [-0.15, -0.1) is 11.3 Å². The number of aliphatic hydroxyl groups is 2. The quantitative estimate of drug-likeness (QED) is 0.349. The highest BCUT2D eigenvalue weighted by molar-refractivity contribution is 7.85. The largest absolute Gasteiger partial charge is 0.394 e. The van der Waals surface area contributed by atoms with Crippen LogP contribution in [0.4, 0.5) is 0 Å². The third-order valence-electron chi connectivity index (χ3n) is 4.87. The molecule has 3 aromatic carbocycles. The summed E-state index contributed by atoms with van der Waals surface area (Å²) in [5.41, 5.74) is 0.499. The monoisotopic (exact) mass is 447 g/mol. The lowest BCUT2D eigenvalue weighted by atomic mass is 9.98. The van der Waals surface area contributed by atoms with Crippen molar-refractivity contribution in [3.63, 3.8) is 0 Å². The zero-order valence-corrected chi connectivity index (χ0v) is 18.4. The van der Waals surface area contributed by atoms with E-state index in [4.69, 9.17) is 4.55 Å². The Kier molecular flexibility index (Phi) is 6.76. The molecule has 0 bridgehead atoms. The summed E-state index contributed by atoms with van der Waals surface area (Å²) in [6, 6.07) is 19.2. The molecule has 0 unspecified atom stereocenters. The van der Waals surface area contributed by atoms with E-state index in [-0.39, 0.29) is 13.2 Å². The van der Waals surface area contributed by atoms with Gasteiger partial charge in [-0.1, -0.05) is 42.5 Å². The predicted molar refractivity (Wildman–Crippen MR) is 124 cm³/mol. The molecular formula is C22H25NO5S2. The highest BCUT2D eigenvalue weighted by Gasteiger charge is 2.22. The number of rotatable bonds is 5. The van der Waals surface area contributed by atoms with E-state index < -0.39 is 15.7 Å². The van der Waals surface area contributed by atoms with Gasteiger partial charge in [0.2, 0.25) is 0 Å². The minimum Gasteiger partial charge on any atom is -0.394 e. The van der Waals surface area contributed by atoms with Gasteiger partial charge in [0.05, 0.1) is 25.0 Å². The minimum absolute atomic E-state index is 0.105. The first-order chi connectivity index (χ1) is 14.1. The molecule has 4 aromatic rings.